The van der Waals surface area contributed by atoms with E-state index in [9.17, 15) is 10.2 Å². The van der Waals surface area contributed by atoms with Crippen molar-refractivity contribution in [3.63, 3.8) is 0 Å². The third kappa shape index (κ3) is 5.27. The molecule has 0 bridgehead atoms. The largest absolute Gasteiger partial charge is 0.507 e. The van der Waals surface area contributed by atoms with Crippen LogP contribution in [0.1, 0.15) is 128 Å². The summed E-state index contributed by atoms with van der Waals surface area (Å²) in [5.74, 6) is 0.914. The highest BCUT2D eigenvalue weighted by Crippen LogP contribution is 2.46. The average Bonchev–Trinajstić information content (AvgIpc) is 2.58. The Labute approximate surface area is 190 Å². The normalized spacial score (nSPS) is 14.2. The Morgan fingerprint density at radius 3 is 1.39 bits per heavy atom. The van der Waals surface area contributed by atoms with Gasteiger partial charge in [-0.2, -0.15) is 0 Å². The van der Waals surface area contributed by atoms with E-state index in [0.717, 1.165) is 22.3 Å². The van der Waals surface area contributed by atoms with E-state index in [1.165, 1.54) is 11.1 Å². The van der Waals surface area contributed by atoms with Crippen LogP contribution < -0.4 is 0 Å². The molecular weight excluding hydrogens is 380 g/mol. The van der Waals surface area contributed by atoms with Crippen LogP contribution in [0.3, 0.4) is 0 Å². The van der Waals surface area contributed by atoms with E-state index in [1.807, 2.05) is 0 Å². The molecule has 2 aromatic rings. The van der Waals surface area contributed by atoms with Crippen LogP contribution in [0.2, 0.25) is 0 Å². The summed E-state index contributed by atoms with van der Waals surface area (Å²) >= 11 is 0. The summed E-state index contributed by atoms with van der Waals surface area (Å²) in [5, 5.41) is 22.7. The molecule has 0 aliphatic carbocycles. The van der Waals surface area contributed by atoms with Gasteiger partial charge >= 0.3 is 0 Å². The third-order valence-electron chi connectivity index (χ3n) is 6.38. The van der Waals surface area contributed by atoms with Crippen molar-refractivity contribution >= 4 is 0 Å². The first-order chi connectivity index (χ1) is 13.9. The predicted octanol–water partition coefficient (Wildman–Crippen LogP) is 8.27. The Kier molecular flexibility index (Phi) is 6.68. The van der Waals surface area contributed by atoms with Crippen molar-refractivity contribution in [1.82, 2.24) is 0 Å². The number of phenolic OH excluding ortho intramolecular Hbond substituents is 2. The number of phenols is 2. The molecule has 172 valence electrons. The number of hydrogen-bond donors (Lipinski definition) is 2. The van der Waals surface area contributed by atoms with Gasteiger partial charge < -0.3 is 10.2 Å². The summed E-state index contributed by atoms with van der Waals surface area (Å²) in [4.78, 5) is 0. The van der Waals surface area contributed by atoms with Crippen molar-refractivity contribution in [2.45, 2.75) is 111 Å². The number of benzene rings is 2. The highest BCUT2D eigenvalue weighted by atomic mass is 16.3. The second-order valence-electron chi connectivity index (χ2n) is 12.6. The van der Waals surface area contributed by atoms with E-state index >= 15 is 0 Å². The molecule has 0 radical (unpaired) electrons. The van der Waals surface area contributed by atoms with Crippen molar-refractivity contribution in [3.05, 3.63) is 57.6 Å². The van der Waals surface area contributed by atoms with Gasteiger partial charge in [-0.25, -0.2) is 0 Å². The van der Waals surface area contributed by atoms with E-state index in [1.54, 1.807) is 0 Å². The lowest BCUT2D eigenvalue weighted by atomic mass is 9.75. The van der Waals surface area contributed by atoms with Crippen molar-refractivity contribution < 1.29 is 10.2 Å². The molecule has 1 atom stereocenters. The molecule has 1 unspecified atom stereocenters. The molecule has 0 aromatic heterocycles. The second kappa shape index (κ2) is 8.19. The Morgan fingerprint density at radius 1 is 0.581 bits per heavy atom. The van der Waals surface area contributed by atoms with Gasteiger partial charge in [-0.1, -0.05) is 107 Å². The lowest BCUT2D eigenvalue weighted by Gasteiger charge is -2.30. The van der Waals surface area contributed by atoms with Gasteiger partial charge in [0.15, 0.2) is 0 Å². The highest BCUT2D eigenvalue weighted by Gasteiger charge is 2.30. The first-order valence-electron chi connectivity index (χ1n) is 11.6. The molecule has 0 spiro atoms. The van der Waals surface area contributed by atoms with E-state index in [4.69, 9.17) is 0 Å². The Morgan fingerprint density at radius 2 is 1.00 bits per heavy atom. The molecule has 31 heavy (non-hydrogen) atoms. The van der Waals surface area contributed by atoms with Crippen molar-refractivity contribution in [1.29, 1.82) is 0 Å². The Bertz CT molecular complexity index is 945. The minimum absolute atomic E-state index is 0.0411. The maximum absolute atomic E-state index is 11.4. The van der Waals surface area contributed by atoms with Gasteiger partial charge in [0.2, 0.25) is 0 Å². The smallest absolute Gasteiger partial charge is 0.123 e. The van der Waals surface area contributed by atoms with Crippen LogP contribution in [0.25, 0.3) is 0 Å². The van der Waals surface area contributed by atoms with Gasteiger partial charge in [-0.15, -0.1) is 0 Å². The van der Waals surface area contributed by atoms with Crippen molar-refractivity contribution in [3.8, 4) is 11.5 Å². The number of aromatic hydroxyl groups is 2. The van der Waals surface area contributed by atoms with Gasteiger partial charge in [-0.3, -0.25) is 0 Å². The summed E-state index contributed by atoms with van der Waals surface area (Å²) in [5.41, 5.74) is 5.71. The molecule has 2 nitrogen and oxygen atoms in total. The molecule has 0 aliphatic heterocycles. The minimum Gasteiger partial charge on any atom is -0.507 e. The van der Waals surface area contributed by atoms with Crippen molar-refractivity contribution in [2.75, 3.05) is 0 Å². The molecule has 0 heterocycles. The SMILES string of the molecule is CC(C)c1cc(C(C)c2cc(C(C)(C)C)cc(C(C)(C)C)c2O)c(O)c(C(C)(C)C)c1. The third-order valence-corrected chi connectivity index (χ3v) is 6.38. The van der Waals surface area contributed by atoms with Gasteiger partial charge in [0.1, 0.15) is 11.5 Å². The fraction of sp³-hybridized carbons (Fsp3) is 0.586. The molecule has 2 rings (SSSR count). The molecule has 0 saturated heterocycles. The maximum atomic E-state index is 11.4. The second-order valence-corrected chi connectivity index (χ2v) is 12.6. The monoisotopic (exact) mass is 424 g/mol. The quantitative estimate of drug-likeness (QED) is 0.520. The molecular formula is C29H44O2. The number of hydrogen-bond acceptors (Lipinski definition) is 2. The van der Waals surface area contributed by atoms with E-state index in [0.29, 0.717) is 17.4 Å². The first-order valence-corrected chi connectivity index (χ1v) is 11.6. The van der Waals surface area contributed by atoms with Crippen LogP contribution in [-0.2, 0) is 16.2 Å². The average molecular weight is 425 g/mol. The molecule has 0 amide bonds. The fourth-order valence-corrected chi connectivity index (χ4v) is 4.07. The standard InChI is InChI=1S/C29H44O2/c1-17(2)19-13-21(25(30)23(14-19)28(7,8)9)18(3)22-15-20(27(4,5)6)16-24(26(22)31)29(10,11)12/h13-18,30-31H,1-12H3. The zero-order valence-electron chi connectivity index (χ0n) is 21.9. The van der Waals surface area contributed by atoms with Crippen LogP contribution in [0.15, 0.2) is 24.3 Å². The van der Waals surface area contributed by atoms with Gasteiger partial charge in [-0.05, 0) is 44.4 Å². The number of rotatable bonds is 3. The summed E-state index contributed by atoms with van der Waals surface area (Å²) in [6.07, 6.45) is 0. The Balaban J connectivity index is 2.85. The first kappa shape index (κ1) is 25.3. The molecule has 0 fully saturated rings. The summed E-state index contributed by atoms with van der Waals surface area (Å²) in [6, 6.07) is 8.55. The molecule has 0 aliphatic rings. The summed E-state index contributed by atoms with van der Waals surface area (Å²) in [7, 11) is 0. The van der Waals surface area contributed by atoms with Gasteiger partial charge in [0.25, 0.3) is 0 Å². The highest BCUT2D eigenvalue weighted by molar-refractivity contribution is 5.56. The summed E-state index contributed by atoms with van der Waals surface area (Å²) < 4.78 is 0. The minimum atomic E-state index is -0.182. The van der Waals surface area contributed by atoms with E-state index in [2.05, 4.69) is 107 Å². The van der Waals surface area contributed by atoms with Gasteiger partial charge in [0, 0.05) is 17.0 Å². The summed E-state index contributed by atoms with van der Waals surface area (Å²) in [6.45, 7) is 25.9. The van der Waals surface area contributed by atoms with E-state index < -0.39 is 0 Å². The lowest BCUT2D eigenvalue weighted by Crippen LogP contribution is -2.18. The molecule has 0 saturated carbocycles. The van der Waals surface area contributed by atoms with Crippen LogP contribution in [0, 0.1) is 0 Å². The zero-order chi connectivity index (χ0) is 24.1. The predicted molar refractivity (Wildman–Crippen MR) is 134 cm³/mol. The molecule has 2 N–H and O–H groups in total. The maximum Gasteiger partial charge on any atom is 0.123 e. The van der Waals surface area contributed by atoms with Crippen LogP contribution in [0.4, 0.5) is 0 Å². The van der Waals surface area contributed by atoms with E-state index in [-0.39, 0.29) is 22.2 Å². The fourth-order valence-electron chi connectivity index (χ4n) is 4.07. The topological polar surface area (TPSA) is 40.5 Å². The molecule has 2 aromatic carbocycles. The molecule has 2 heteroatoms. The zero-order valence-corrected chi connectivity index (χ0v) is 21.9. The van der Waals surface area contributed by atoms with Crippen LogP contribution >= 0.6 is 0 Å². The Hall–Kier alpha value is -1.96. The van der Waals surface area contributed by atoms with Crippen LogP contribution in [0.5, 0.6) is 11.5 Å². The lowest BCUT2D eigenvalue weighted by molar-refractivity contribution is 0.428. The van der Waals surface area contributed by atoms with Gasteiger partial charge in [0.05, 0.1) is 0 Å². The van der Waals surface area contributed by atoms with Crippen LogP contribution in [-0.4, -0.2) is 10.2 Å². The van der Waals surface area contributed by atoms with Crippen molar-refractivity contribution in [2.24, 2.45) is 0 Å².